The van der Waals surface area contributed by atoms with E-state index in [0.29, 0.717) is 17.8 Å². The van der Waals surface area contributed by atoms with E-state index >= 15 is 0 Å². The van der Waals surface area contributed by atoms with E-state index in [9.17, 15) is 4.79 Å². The molecule has 0 bridgehead atoms. The van der Waals surface area contributed by atoms with Crippen LogP contribution in [-0.2, 0) is 0 Å². The van der Waals surface area contributed by atoms with Crippen molar-refractivity contribution in [2.45, 2.75) is 31.7 Å². The number of hydrogen-bond donors (Lipinski definition) is 1. The van der Waals surface area contributed by atoms with Gasteiger partial charge in [0.15, 0.2) is 12.1 Å². The molecule has 0 unspecified atom stereocenters. The Bertz CT molecular complexity index is 328. The minimum Gasteiger partial charge on any atom is -0.357 e. The van der Waals surface area contributed by atoms with Gasteiger partial charge in [-0.25, -0.2) is 0 Å². The molecule has 5 heteroatoms. The van der Waals surface area contributed by atoms with Crippen LogP contribution in [-0.4, -0.2) is 28.1 Å². The molecule has 1 aromatic rings. The van der Waals surface area contributed by atoms with E-state index in [1.165, 1.54) is 12.8 Å². The summed E-state index contributed by atoms with van der Waals surface area (Å²) in [5.74, 6) is 1.13. The second-order valence-corrected chi connectivity index (χ2v) is 3.56. The first-order chi connectivity index (χ1) is 6.86. The fraction of sp³-hybridized carbons (Fsp3) is 0.667. The van der Waals surface area contributed by atoms with Crippen molar-refractivity contribution >= 4 is 12.2 Å². The van der Waals surface area contributed by atoms with Gasteiger partial charge in [0.25, 0.3) is 0 Å². The summed E-state index contributed by atoms with van der Waals surface area (Å²) < 4.78 is 1.92. The molecule has 76 valence electrons. The van der Waals surface area contributed by atoms with Crippen LogP contribution in [0.25, 0.3) is 0 Å². The quantitative estimate of drug-likeness (QED) is 0.735. The number of nitrogens with one attached hydrogen (secondary N) is 1. The van der Waals surface area contributed by atoms with Gasteiger partial charge in [-0.2, -0.15) is 0 Å². The van der Waals surface area contributed by atoms with Crippen molar-refractivity contribution in [3.8, 4) is 0 Å². The van der Waals surface area contributed by atoms with Gasteiger partial charge < -0.3 is 5.32 Å². The molecule has 0 spiro atoms. The Hall–Kier alpha value is -1.39. The molecule has 1 aliphatic carbocycles. The number of anilines is 1. The van der Waals surface area contributed by atoms with Crippen molar-refractivity contribution in [1.82, 2.24) is 14.8 Å². The molecule has 14 heavy (non-hydrogen) atoms. The lowest BCUT2D eigenvalue weighted by molar-refractivity contribution is 0.110. The van der Waals surface area contributed by atoms with E-state index in [4.69, 9.17) is 0 Å². The lowest BCUT2D eigenvalue weighted by atomic mass is 10.2. The zero-order valence-corrected chi connectivity index (χ0v) is 8.23. The highest BCUT2D eigenvalue weighted by Crippen LogP contribution is 2.31. The summed E-state index contributed by atoms with van der Waals surface area (Å²) in [5.41, 5.74) is 0. The molecule has 2 rings (SSSR count). The third-order valence-electron chi connectivity index (χ3n) is 2.74. The first-order valence-electron chi connectivity index (χ1n) is 4.94. The highest BCUT2D eigenvalue weighted by atomic mass is 16.1. The largest absolute Gasteiger partial charge is 0.357 e. The van der Waals surface area contributed by atoms with E-state index in [0.717, 1.165) is 19.1 Å². The monoisotopic (exact) mass is 194 g/mol. The van der Waals surface area contributed by atoms with Crippen LogP contribution in [0.5, 0.6) is 0 Å². The smallest absolute Gasteiger partial charge is 0.224 e. The topological polar surface area (TPSA) is 59.8 Å². The Labute approximate surface area is 82.5 Å². The first kappa shape index (κ1) is 9.18. The Morgan fingerprint density at radius 3 is 2.71 bits per heavy atom. The highest BCUT2D eigenvalue weighted by Gasteiger charge is 2.22. The Morgan fingerprint density at radius 1 is 1.43 bits per heavy atom. The first-order valence-corrected chi connectivity index (χ1v) is 4.94. The van der Waals surface area contributed by atoms with Crippen LogP contribution in [0.2, 0.25) is 0 Å². The molecular weight excluding hydrogens is 180 g/mol. The third kappa shape index (κ3) is 1.38. The highest BCUT2D eigenvalue weighted by molar-refractivity contribution is 5.70. The lowest BCUT2D eigenvalue weighted by Crippen LogP contribution is -2.11. The summed E-state index contributed by atoms with van der Waals surface area (Å²) in [4.78, 5) is 10.8. The SMILES string of the molecule is CNc1nnc(C=O)n1C1CCCC1. The predicted molar refractivity (Wildman–Crippen MR) is 52.5 cm³/mol. The number of aldehydes is 1. The molecule has 1 N–H and O–H groups in total. The Kier molecular flexibility index (Phi) is 2.47. The molecule has 0 aliphatic heterocycles. The zero-order valence-electron chi connectivity index (χ0n) is 8.23. The maximum absolute atomic E-state index is 10.8. The van der Waals surface area contributed by atoms with Crippen molar-refractivity contribution in [2.75, 3.05) is 12.4 Å². The van der Waals surface area contributed by atoms with E-state index in [2.05, 4.69) is 15.5 Å². The number of rotatable bonds is 3. The molecule has 0 saturated heterocycles. The number of aromatic nitrogens is 3. The zero-order chi connectivity index (χ0) is 9.97. The summed E-state index contributed by atoms with van der Waals surface area (Å²) in [7, 11) is 1.80. The molecule has 0 atom stereocenters. The maximum atomic E-state index is 10.8. The number of hydrogen-bond acceptors (Lipinski definition) is 4. The Morgan fingerprint density at radius 2 is 2.14 bits per heavy atom. The average molecular weight is 194 g/mol. The average Bonchev–Trinajstić information content (AvgIpc) is 2.85. The molecule has 5 nitrogen and oxygen atoms in total. The predicted octanol–water partition coefficient (Wildman–Crippen LogP) is 1.25. The van der Waals surface area contributed by atoms with E-state index in [1.807, 2.05) is 4.57 Å². The van der Waals surface area contributed by atoms with Gasteiger partial charge in [-0.15, -0.1) is 10.2 Å². The van der Waals surface area contributed by atoms with Gasteiger partial charge in [0.05, 0.1) is 0 Å². The minimum atomic E-state index is 0.396. The van der Waals surface area contributed by atoms with Crippen LogP contribution in [0.1, 0.15) is 42.3 Å². The minimum absolute atomic E-state index is 0.396. The normalized spacial score (nSPS) is 17.2. The van der Waals surface area contributed by atoms with E-state index in [1.54, 1.807) is 7.05 Å². The van der Waals surface area contributed by atoms with Crippen molar-refractivity contribution in [2.24, 2.45) is 0 Å². The van der Waals surface area contributed by atoms with Gasteiger partial charge in [-0.05, 0) is 12.8 Å². The van der Waals surface area contributed by atoms with E-state index < -0.39 is 0 Å². The van der Waals surface area contributed by atoms with Crippen LogP contribution in [0.3, 0.4) is 0 Å². The summed E-state index contributed by atoms with van der Waals surface area (Å²) in [5, 5.41) is 10.7. The fourth-order valence-corrected chi connectivity index (χ4v) is 2.08. The van der Waals surface area contributed by atoms with Crippen LogP contribution in [0, 0.1) is 0 Å². The van der Waals surface area contributed by atoms with Crippen LogP contribution in [0.15, 0.2) is 0 Å². The van der Waals surface area contributed by atoms with Crippen molar-refractivity contribution in [1.29, 1.82) is 0 Å². The van der Waals surface area contributed by atoms with Gasteiger partial charge >= 0.3 is 0 Å². The van der Waals surface area contributed by atoms with Crippen molar-refractivity contribution < 1.29 is 4.79 Å². The molecule has 1 aromatic heterocycles. The standard InChI is InChI=1S/C9H14N4O/c1-10-9-12-11-8(6-14)13(9)7-4-2-3-5-7/h6-7H,2-5H2,1H3,(H,10,12). The van der Waals surface area contributed by atoms with Gasteiger partial charge in [0, 0.05) is 13.1 Å². The molecule has 0 radical (unpaired) electrons. The van der Waals surface area contributed by atoms with Crippen LogP contribution >= 0.6 is 0 Å². The summed E-state index contributed by atoms with van der Waals surface area (Å²) >= 11 is 0. The van der Waals surface area contributed by atoms with Gasteiger partial charge in [0.1, 0.15) is 0 Å². The van der Waals surface area contributed by atoms with Crippen molar-refractivity contribution in [3.05, 3.63) is 5.82 Å². The summed E-state index contributed by atoms with van der Waals surface area (Å²) in [6.07, 6.45) is 5.46. The molecule has 1 heterocycles. The number of carbonyl (C=O) groups excluding carboxylic acids is 1. The van der Waals surface area contributed by atoms with Gasteiger partial charge in [-0.1, -0.05) is 12.8 Å². The van der Waals surface area contributed by atoms with E-state index in [-0.39, 0.29) is 0 Å². The second kappa shape index (κ2) is 3.77. The summed E-state index contributed by atoms with van der Waals surface area (Å²) in [6.45, 7) is 0. The number of carbonyl (C=O) groups is 1. The fourth-order valence-electron chi connectivity index (χ4n) is 2.08. The molecule has 1 saturated carbocycles. The summed E-state index contributed by atoms with van der Waals surface area (Å²) in [6, 6.07) is 0.396. The van der Waals surface area contributed by atoms with Gasteiger partial charge in [0.2, 0.25) is 5.95 Å². The molecule has 0 aromatic carbocycles. The number of nitrogens with zero attached hydrogens (tertiary/aromatic N) is 3. The maximum Gasteiger partial charge on any atom is 0.224 e. The molecule has 0 amide bonds. The third-order valence-corrected chi connectivity index (χ3v) is 2.74. The Balaban J connectivity index is 2.36. The molecular formula is C9H14N4O. The van der Waals surface area contributed by atoms with Gasteiger partial charge in [-0.3, -0.25) is 9.36 Å². The van der Waals surface area contributed by atoms with Crippen LogP contribution < -0.4 is 5.32 Å². The molecule has 1 fully saturated rings. The second-order valence-electron chi connectivity index (χ2n) is 3.56. The lowest BCUT2D eigenvalue weighted by Gasteiger charge is -2.14. The molecule has 1 aliphatic rings. The van der Waals surface area contributed by atoms with Crippen molar-refractivity contribution in [3.63, 3.8) is 0 Å². The van der Waals surface area contributed by atoms with Crippen LogP contribution in [0.4, 0.5) is 5.95 Å².